The molecule has 3 heteroatoms. The molecule has 2 heterocycles. The lowest BCUT2D eigenvalue weighted by atomic mass is 9.96. The molecular weight excluding hydrogens is 282 g/mol. The molecule has 0 fully saturated rings. The van der Waals surface area contributed by atoms with Crippen molar-refractivity contribution in [3.8, 4) is 0 Å². The van der Waals surface area contributed by atoms with E-state index in [4.69, 9.17) is 0 Å². The van der Waals surface area contributed by atoms with Crippen LogP contribution in [-0.2, 0) is 0 Å². The number of anilines is 1. The number of hydrogen-bond donors (Lipinski definition) is 0. The third kappa shape index (κ3) is 3.25. The standard InChI is InChI=1S/C20H25N3/c1-21(2)12-5-7-18-19-15-17(22(3)4)10-9-16(19)11-14-23-13-6-8-20(18)23/h6-11,13-15H,5,12H2,1-4H3. The first kappa shape index (κ1) is 15.6. The SMILES string of the molecule is CN(C)CCC=C1c2cc(N(C)C)ccc2C=Cn2cccc21. The quantitative estimate of drug-likeness (QED) is 0.725. The Bertz CT molecular complexity index is 748. The summed E-state index contributed by atoms with van der Waals surface area (Å²) in [5.41, 5.74) is 6.39. The molecule has 0 radical (unpaired) electrons. The van der Waals surface area contributed by atoms with E-state index in [9.17, 15) is 0 Å². The van der Waals surface area contributed by atoms with Crippen LogP contribution in [0.25, 0.3) is 17.8 Å². The summed E-state index contributed by atoms with van der Waals surface area (Å²) in [4.78, 5) is 4.38. The van der Waals surface area contributed by atoms with Crippen molar-refractivity contribution < 1.29 is 0 Å². The van der Waals surface area contributed by atoms with Crippen molar-refractivity contribution >= 4 is 23.5 Å². The van der Waals surface area contributed by atoms with Crippen LogP contribution in [0.15, 0.2) is 42.6 Å². The molecule has 0 N–H and O–H groups in total. The van der Waals surface area contributed by atoms with Gasteiger partial charge in [0.15, 0.2) is 0 Å². The fraction of sp³-hybridized carbons (Fsp3) is 0.300. The van der Waals surface area contributed by atoms with Crippen molar-refractivity contribution in [1.29, 1.82) is 0 Å². The van der Waals surface area contributed by atoms with Gasteiger partial charge in [-0.05, 0) is 62.0 Å². The first-order valence-electron chi connectivity index (χ1n) is 8.08. The van der Waals surface area contributed by atoms with E-state index in [0.29, 0.717) is 0 Å². The molecule has 120 valence electrons. The van der Waals surface area contributed by atoms with Crippen molar-refractivity contribution in [2.75, 3.05) is 39.6 Å². The first-order chi connectivity index (χ1) is 11.1. The molecule has 3 rings (SSSR count). The molecule has 23 heavy (non-hydrogen) atoms. The zero-order valence-electron chi connectivity index (χ0n) is 14.5. The van der Waals surface area contributed by atoms with Gasteiger partial charge in [0.05, 0.1) is 5.69 Å². The van der Waals surface area contributed by atoms with E-state index < -0.39 is 0 Å². The Morgan fingerprint density at radius 2 is 1.91 bits per heavy atom. The van der Waals surface area contributed by atoms with Gasteiger partial charge in [-0.2, -0.15) is 0 Å². The summed E-state index contributed by atoms with van der Waals surface area (Å²) in [7, 11) is 8.42. The molecule has 0 bridgehead atoms. The van der Waals surface area contributed by atoms with Crippen molar-refractivity contribution in [2.24, 2.45) is 0 Å². The van der Waals surface area contributed by atoms with Crippen molar-refractivity contribution in [1.82, 2.24) is 9.47 Å². The van der Waals surface area contributed by atoms with Gasteiger partial charge >= 0.3 is 0 Å². The van der Waals surface area contributed by atoms with Crippen molar-refractivity contribution in [3.63, 3.8) is 0 Å². The third-order valence-corrected chi connectivity index (χ3v) is 4.24. The van der Waals surface area contributed by atoms with Crippen LogP contribution >= 0.6 is 0 Å². The highest BCUT2D eigenvalue weighted by Gasteiger charge is 2.15. The van der Waals surface area contributed by atoms with Crippen LogP contribution in [0.5, 0.6) is 0 Å². The number of fused-ring (bicyclic) bond motifs is 2. The minimum absolute atomic E-state index is 1.04. The number of aromatic nitrogens is 1. The van der Waals surface area contributed by atoms with Crippen molar-refractivity contribution in [3.05, 3.63) is 59.4 Å². The molecule has 1 aromatic heterocycles. The second kappa shape index (κ2) is 6.47. The van der Waals surface area contributed by atoms with E-state index in [0.717, 1.165) is 13.0 Å². The largest absolute Gasteiger partial charge is 0.378 e. The van der Waals surface area contributed by atoms with Gasteiger partial charge in [-0.3, -0.25) is 0 Å². The molecule has 0 spiro atoms. The zero-order valence-corrected chi connectivity index (χ0v) is 14.5. The smallest absolute Gasteiger partial charge is 0.0525 e. The van der Waals surface area contributed by atoms with Crippen LogP contribution in [0.4, 0.5) is 5.69 Å². The average Bonchev–Trinajstić information content (AvgIpc) is 2.92. The maximum absolute atomic E-state index is 2.37. The number of nitrogens with zero attached hydrogens (tertiary/aromatic N) is 3. The second-order valence-electron chi connectivity index (χ2n) is 6.49. The molecule has 0 saturated heterocycles. The fourth-order valence-corrected chi connectivity index (χ4v) is 2.93. The Morgan fingerprint density at radius 1 is 1.09 bits per heavy atom. The molecule has 0 unspecified atom stereocenters. The molecule has 0 atom stereocenters. The van der Waals surface area contributed by atoms with E-state index in [1.165, 1.54) is 28.1 Å². The zero-order chi connectivity index (χ0) is 16.4. The maximum atomic E-state index is 2.37. The lowest BCUT2D eigenvalue weighted by molar-refractivity contribution is 0.417. The molecule has 1 aliphatic heterocycles. The number of benzene rings is 1. The second-order valence-corrected chi connectivity index (χ2v) is 6.49. The fourth-order valence-electron chi connectivity index (χ4n) is 2.93. The highest BCUT2D eigenvalue weighted by Crippen LogP contribution is 2.33. The number of rotatable bonds is 4. The van der Waals surface area contributed by atoms with Crippen LogP contribution in [0, 0.1) is 0 Å². The predicted octanol–water partition coefficient (Wildman–Crippen LogP) is 3.88. The molecule has 1 aliphatic rings. The monoisotopic (exact) mass is 307 g/mol. The van der Waals surface area contributed by atoms with E-state index in [-0.39, 0.29) is 0 Å². The van der Waals surface area contributed by atoms with E-state index >= 15 is 0 Å². The molecule has 2 aromatic rings. The molecule has 1 aromatic carbocycles. The van der Waals surface area contributed by atoms with E-state index in [1.807, 2.05) is 0 Å². The predicted molar refractivity (Wildman–Crippen MR) is 101 cm³/mol. The number of hydrogen-bond acceptors (Lipinski definition) is 2. The minimum atomic E-state index is 1.04. The van der Waals surface area contributed by atoms with Gasteiger partial charge in [0.25, 0.3) is 0 Å². The van der Waals surface area contributed by atoms with E-state index in [2.05, 4.69) is 97.4 Å². The van der Waals surface area contributed by atoms with Crippen LogP contribution in [0.2, 0.25) is 0 Å². The summed E-state index contributed by atoms with van der Waals surface area (Å²) in [5.74, 6) is 0. The molecule has 0 saturated carbocycles. The third-order valence-electron chi connectivity index (χ3n) is 4.24. The Labute approximate surface area is 139 Å². The van der Waals surface area contributed by atoms with Gasteiger partial charge in [0.2, 0.25) is 0 Å². The van der Waals surface area contributed by atoms with E-state index in [1.54, 1.807) is 0 Å². The van der Waals surface area contributed by atoms with Crippen molar-refractivity contribution in [2.45, 2.75) is 6.42 Å². The molecule has 3 nitrogen and oxygen atoms in total. The molecule has 0 aliphatic carbocycles. The maximum Gasteiger partial charge on any atom is 0.0525 e. The lowest BCUT2D eigenvalue weighted by Gasteiger charge is -2.17. The van der Waals surface area contributed by atoms with Gasteiger partial charge < -0.3 is 14.4 Å². The summed E-state index contributed by atoms with van der Waals surface area (Å²) in [6.45, 7) is 1.06. The summed E-state index contributed by atoms with van der Waals surface area (Å²) < 4.78 is 2.21. The lowest BCUT2D eigenvalue weighted by Crippen LogP contribution is -2.12. The van der Waals surface area contributed by atoms with Gasteiger partial charge in [-0.15, -0.1) is 0 Å². The van der Waals surface area contributed by atoms with Gasteiger partial charge in [0, 0.05) is 44.3 Å². The summed E-state index contributed by atoms with van der Waals surface area (Å²) in [5, 5.41) is 0. The topological polar surface area (TPSA) is 11.4 Å². The highest BCUT2D eigenvalue weighted by molar-refractivity contribution is 5.89. The highest BCUT2D eigenvalue weighted by atomic mass is 15.1. The summed E-state index contributed by atoms with van der Waals surface area (Å²) >= 11 is 0. The van der Waals surface area contributed by atoms with Crippen LogP contribution in [-0.4, -0.2) is 44.2 Å². The molecular formula is C20H25N3. The summed E-state index contributed by atoms with van der Waals surface area (Å²) in [6.07, 6.45) is 9.88. The normalized spacial score (nSPS) is 14.7. The molecule has 0 amide bonds. The van der Waals surface area contributed by atoms with Crippen LogP contribution in [0.3, 0.4) is 0 Å². The minimum Gasteiger partial charge on any atom is -0.378 e. The van der Waals surface area contributed by atoms with Gasteiger partial charge in [-0.25, -0.2) is 0 Å². The van der Waals surface area contributed by atoms with Gasteiger partial charge in [-0.1, -0.05) is 12.1 Å². The Balaban J connectivity index is 2.10. The first-order valence-corrected chi connectivity index (χ1v) is 8.08. The van der Waals surface area contributed by atoms with Crippen LogP contribution < -0.4 is 4.90 Å². The summed E-state index contributed by atoms with van der Waals surface area (Å²) in [6, 6.07) is 11.0. The average molecular weight is 307 g/mol. The Kier molecular flexibility index (Phi) is 4.39. The van der Waals surface area contributed by atoms with Gasteiger partial charge in [0.1, 0.15) is 0 Å². The Hall–Kier alpha value is -2.26. The van der Waals surface area contributed by atoms with Crippen LogP contribution in [0.1, 0.15) is 23.2 Å². The Morgan fingerprint density at radius 3 is 2.65 bits per heavy atom.